The summed E-state index contributed by atoms with van der Waals surface area (Å²) in [6, 6.07) is 0. The fourth-order valence-electron chi connectivity index (χ4n) is 7.98. The van der Waals surface area contributed by atoms with Crippen molar-refractivity contribution in [2.24, 2.45) is 45.8 Å². The Morgan fingerprint density at radius 2 is 1.71 bits per heavy atom. The van der Waals surface area contributed by atoms with Crippen LogP contribution in [0.4, 0.5) is 0 Å². The van der Waals surface area contributed by atoms with Crippen LogP contribution in [-0.4, -0.2) is 5.78 Å². The van der Waals surface area contributed by atoms with E-state index in [0.29, 0.717) is 28.4 Å². The van der Waals surface area contributed by atoms with Crippen molar-refractivity contribution < 1.29 is 4.79 Å². The Morgan fingerprint density at radius 3 is 2.42 bits per heavy atom. The zero-order valence-corrected chi connectivity index (χ0v) is 16.0. The van der Waals surface area contributed by atoms with Gasteiger partial charge >= 0.3 is 0 Å². The highest BCUT2D eigenvalue weighted by Crippen LogP contribution is 2.70. The molecule has 4 fully saturated rings. The molecule has 1 heteroatoms. The first kappa shape index (κ1) is 16.7. The largest absolute Gasteiger partial charge is 0.300 e. The van der Waals surface area contributed by atoms with Crippen LogP contribution < -0.4 is 0 Å². The normalized spacial score (nSPS) is 56.8. The van der Waals surface area contributed by atoms with Gasteiger partial charge in [0.1, 0.15) is 5.78 Å². The summed E-state index contributed by atoms with van der Waals surface area (Å²) >= 11 is 0. The van der Waals surface area contributed by atoms with E-state index in [-0.39, 0.29) is 5.41 Å². The Balaban J connectivity index is 1.69. The van der Waals surface area contributed by atoms with Crippen molar-refractivity contribution in [1.29, 1.82) is 0 Å². The topological polar surface area (TPSA) is 17.1 Å². The fourth-order valence-corrected chi connectivity index (χ4v) is 7.98. The summed E-state index contributed by atoms with van der Waals surface area (Å²) in [5, 5.41) is 0. The van der Waals surface area contributed by atoms with Crippen LogP contribution in [0.1, 0.15) is 79.1 Å². The van der Waals surface area contributed by atoms with Crippen LogP contribution in [-0.2, 0) is 4.79 Å². The lowest BCUT2D eigenvalue weighted by molar-refractivity contribution is -0.153. The molecule has 0 bridgehead atoms. The molecule has 1 nitrogen and oxygen atoms in total. The fraction of sp³-hybridized carbons (Fsp3) is 0.870. The third kappa shape index (κ3) is 1.87. The molecule has 0 amide bonds. The van der Waals surface area contributed by atoms with Crippen LogP contribution >= 0.6 is 0 Å². The number of carbonyl (C=O) groups excluding carboxylic acids is 1. The second kappa shape index (κ2) is 5.12. The highest BCUT2D eigenvalue weighted by Gasteiger charge is 2.64. The van der Waals surface area contributed by atoms with Crippen LogP contribution in [0.3, 0.4) is 0 Å². The van der Waals surface area contributed by atoms with Crippen LogP contribution in [0, 0.1) is 58.2 Å². The number of Topliss-reactive ketones (excluding diaryl/α,β-unsaturated/α-hetero) is 1. The summed E-state index contributed by atoms with van der Waals surface area (Å²) in [5.74, 6) is 7.39. The average molecular weight is 327 g/mol. The lowest BCUT2D eigenvalue weighted by atomic mass is 9.42. The molecule has 4 aliphatic rings. The van der Waals surface area contributed by atoms with E-state index in [9.17, 15) is 4.79 Å². The Bertz CT molecular complexity index is 600. The predicted octanol–water partition coefficient (Wildman–Crippen LogP) is 5.48. The van der Waals surface area contributed by atoms with E-state index in [2.05, 4.69) is 33.6 Å². The summed E-state index contributed by atoms with van der Waals surface area (Å²) in [7, 11) is 0. The van der Waals surface area contributed by atoms with Gasteiger partial charge in [-0.05, 0) is 85.9 Å². The molecular weight excluding hydrogens is 292 g/mol. The molecule has 4 saturated carbocycles. The number of ketones is 1. The molecule has 4 aliphatic carbocycles. The minimum Gasteiger partial charge on any atom is -0.300 e. The van der Waals surface area contributed by atoms with Crippen LogP contribution in [0.5, 0.6) is 0 Å². The molecule has 132 valence electrons. The zero-order valence-electron chi connectivity index (χ0n) is 16.0. The molecule has 0 spiro atoms. The number of carbonyl (C=O) groups is 1. The summed E-state index contributed by atoms with van der Waals surface area (Å²) in [6.45, 7) is 9.76. The monoisotopic (exact) mass is 326 g/mol. The van der Waals surface area contributed by atoms with E-state index in [1.807, 2.05) is 0 Å². The van der Waals surface area contributed by atoms with Gasteiger partial charge < -0.3 is 0 Å². The lowest BCUT2D eigenvalue weighted by Crippen LogP contribution is -2.57. The van der Waals surface area contributed by atoms with Gasteiger partial charge in [-0.15, -0.1) is 6.42 Å². The average Bonchev–Trinajstić information content (AvgIpc) is 2.81. The zero-order chi connectivity index (χ0) is 17.3. The molecule has 4 rings (SSSR count). The maximum absolute atomic E-state index is 12.2. The SMILES string of the molecule is C#C[C@@]1(C)CC[C@H]2[C@@H]3CC[C@H]4CC(=O)C[C@H](C)[C@]4(C)[C@H]3CC[C@@]21C. The van der Waals surface area contributed by atoms with Crippen molar-refractivity contribution in [2.45, 2.75) is 79.1 Å². The van der Waals surface area contributed by atoms with Crippen LogP contribution in [0.2, 0.25) is 0 Å². The number of hydrogen-bond acceptors (Lipinski definition) is 1. The Labute approximate surface area is 148 Å². The number of hydrogen-bond donors (Lipinski definition) is 0. The molecule has 0 radical (unpaired) electrons. The van der Waals surface area contributed by atoms with Gasteiger partial charge in [-0.3, -0.25) is 4.79 Å². The van der Waals surface area contributed by atoms with Crippen molar-refractivity contribution in [3.63, 3.8) is 0 Å². The van der Waals surface area contributed by atoms with Gasteiger partial charge in [-0.2, -0.15) is 0 Å². The lowest BCUT2D eigenvalue weighted by Gasteiger charge is -2.62. The van der Waals surface area contributed by atoms with Crippen molar-refractivity contribution in [1.82, 2.24) is 0 Å². The van der Waals surface area contributed by atoms with Gasteiger partial charge in [0.05, 0.1) is 0 Å². The van der Waals surface area contributed by atoms with Gasteiger partial charge in [-0.25, -0.2) is 0 Å². The van der Waals surface area contributed by atoms with E-state index in [1.165, 1.54) is 38.5 Å². The van der Waals surface area contributed by atoms with Gasteiger partial charge in [0.15, 0.2) is 0 Å². The number of rotatable bonds is 0. The second-order valence-corrected chi connectivity index (χ2v) is 10.3. The smallest absolute Gasteiger partial charge is 0.133 e. The minimum atomic E-state index is 0.0918. The molecule has 0 aliphatic heterocycles. The molecule has 0 unspecified atom stereocenters. The third-order valence-corrected chi connectivity index (χ3v) is 9.96. The molecule has 0 aromatic heterocycles. The van der Waals surface area contributed by atoms with Crippen LogP contribution in [0.15, 0.2) is 0 Å². The maximum atomic E-state index is 12.2. The van der Waals surface area contributed by atoms with E-state index in [4.69, 9.17) is 6.42 Å². The molecule has 0 saturated heterocycles. The summed E-state index contributed by atoms with van der Waals surface area (Å²) < 4.78 is 0. The first-order valence-corrected chi connectivity index (χ1v) is 10.3. The third-order valence-electron chi connectivity index (χ3n) is 9.96. The molecule has 24 heavy (non-hydrogen) atoms. The maximum Gasteiger partial charge on any atom is 0.133 e. The standard InChI is InChI=1S/C23H34O/c1-6-21(3)11-9-19-18-8-7-16-14-17(24)13-15(2)23(16,5)20(18)10-12-22(19,21)4/h1,15-16,18-20H,7-14H2,2-5H3/t15-,16-,18-,19-,20-,21-,22-,23-/m0/s1. The molecule has 0 heterocycles. The van der Waals surface area contributed by atoms with E-state index in [0.717, 1.165) is 30.6 Å². The molecule has 0 N–H and O–H groups in total. The number of terminal acetylenes is 1. The van der Waals surface area contributed by atoms with Crippen molar-refractivity contribution >= 4 is 5.78 Å². The molecule has 0 aromatic rings. The van der Waals surface area contributed by atoms with Gasteiger partial charge in [0.2, 0.25) is 0 Å². The van der Waals surface area contributed by atoms with Crippen molar-refractivity contribution in [2.75, 3.05) is 0 Å². The number of fused-ring (bicyclic) bond motifs is 5. The summed E-state index contributed by atoms with van der Waals surface area (Å²) in [6.07, 6.45) is 15.5. The second-order valence-electron chi connectivity index (χ2n) is 10.3. The Hall–Kier alpha value is -0.770. The highest BCUT2D eigenvalue weighted by molar-refractivity contribution is 5.80. The van der Waals surface area contributed by atoms with Crippen molar-refractivity contribution in [3.05, 3.63) is 0 Å². The summed E-state index contributed by atoms with van der Waals surface area (Å²) in [4.78, 5) is 12.2. The first-order valence-electron chi connectivity index (χ1n) is 10.3. The Kier molecular flexibility index (Phi) is 3.56. The minimum absolute atomic E-state index is 0.0918. The van der Waals surface area contributed by atoms with Gasteiger partial charge in [0, 0.05) is 18.3 Å². The van der Waals surface area contributed by atoms with Gasteiger partial charge in [0.25, 0.3) is 0 Å². The summed E-state index contributed by atoms with van der Waals surface area (Å²) in [5.41, 5.74) is 0.807. The van der Waals surface area contributed by atoms with E-state index < -0.39 is 0 Å². The van der Waals surface area contributed by atoms with Crippen molar-refractivity contribution in [3.8, 4) is 12.3 Å². The first-order chi connectivity index (χ1) is 11.3. The van der Waals surface area contributed by atoms with Gasteiger partial charge in [-0.1, -0.05) is 26.7 Å². The predicted molar refractivity (Wildman–Crippen MR) is 98.2 cm³/mol. The molecule has 8 atom stereocenters. The molecule has 0 aromatic carbocycles. The van der Waals surface area contributed by atoms with E-state index in [1.54, 1.807) is 0 Å². The highest BCUT2D eigenvalue weighted by atomic mass is 16.1. The quantitative estimate of drug-likeness (QED) is 0.538. The van der Waals surface area contributed by atoms with E-state index >= 15 is 0 Å². The molecular formula is C23H34O. The van der Waals surface area contributed by atoms with Crippen LogP contribution in [0.25, 0.3) is 0 Å². The Morgan fingerprint density at radius 1 is 1.00 bits per heavy atom.